The Morgan fingerprint density at radius 2 is 1.96 bits per heavy atom. The van der Waals surface area contributed by atoms with Gasteiger partial charge in [-0.2, -0.15) is 0 Å². The highest BCUT2D eigenvalue weighted by atomic mass is 127. The first-order chi connectivity index (χ1) is 11.2. The van der Waals surface area contributed by atoms with E-state index in [1.165, 1.54) is 12.0 Å². The minimum absolute atomic E-state index is 0. The largest absolute Gasteiger partial charge is 0.361 e. The molecule has 1 aromatic rings. The van der Waals surface area contributed by atoms with Crippen molar-refractivity contribution in [3.8, 4) is 0 Å². The number of rotatable bonds is 8. The lowest BCUT2D eigenvalue weighted by atomic mass is 9.89. The Balaban J connectivity index is 0.00000576. The standard InChI is InChI=1S/C19H36N4O.HI/c1-8-20-18(22-14(2)11-12-19(5,6)7)21-13-9-10-17-15(3)23-24-16(17)4;/h14H,8-13H2,1-7H3,(H2,20,21,22);1H. The van der Waals surface area contributed by atoms with Gasteiger partial charge in [0.25, 0.3) is 0 Å². The molecule has 2 N–H and O–H groups in total. The number of halogens is 1. The van der Waals surface area contributed by atoms with E-state index in [0.29, 0.717) is 11.5 Å². The van der Waals surface area contributed by atoms with E-state index in [0.717, 1.165) is 49.8 Å². The van der Waals surface area contributed by atoms with Gasteiger partial charge < -0.3 is 15.2 Å². The van der Waals surface area contributed by atoms with Crippen molar-refractivity contribution in [2.24, 2.45) is 10.4 Å². The van der Waals surface area contributed by atoms with Crippen molar-refractivity contribution in [3.63, 3.8) is 0 Å². The van der Waals surface area contributed by atoms with Crippen molar-refractivity contribution in [2.75, 3.05) is 13.1 Å². The van der Waals surface area contributed by atoms with Gasteiger partial charge in [-0.05, 0) is 58.8 Å². The van der Waals surface area contributed by atoms with Gasteiger partial charge in [-0.1, -0.05) is 25.9 Å². The van der Waals surface area contributed by atoms with Crippen molar-refractivity contribution in [1.29, 1.82) is 0 Å². The fourth-order valence-corrected chi connectivity index (χ4v) is 2.58. The highest BCUT2D eigenvalue weighted by molar-refractivity contribution is 14.0. The molecule has 1 atom stereocenters. The molecule has 0 bridgehead atoms. The van der Waals surface area contributed by atoms with Crippen LogP contribution in [0.4, 0.5) is 0 Å². The summed E-state index contributed by atoms with van der Waals surface area (Å²) in [6, 6.07) is 0.421. The van der Waals surface area contributed by atoms with Gasteiger partial charge in [0.2, 0.25) is 0 Å². The minimum Gasteiger partial charge on any atom is -0.361 e. The van der Waals surface area contributed by atoms with Crippen LogP contribution in [0.15, 0.2) is 9.52 Å². The van der Waals surface area contributed by atoms with Gasteiger partial charge in [0.1, 0.15) is 5.76 Å². The van der Waals surface area contributed by atoms with Crippen molar-refractivity contribution >= 4 is 29.9 Å². The normalized spacial score (nSPS) is 13.3. The molecule has 0 aromatic carbocycles. The number of aliphatic imine (C=N–C) groups is 1. The summed E-state index contributed by atoms with van der Waals surface area (Å²) in [5, 5.41) is 10.9. The Bertz CT molecular complexity index is 500. The molecule has 25 heavy (non-hydrogen) atoms. The van der Waals surface area contributed by atoms with Crippen LogP contribution in [0, 0.1) is 19.3 Å². The molecular formula is C19H37IN4O. The van der Waals surface area contributed by atoms with Gasteiger partial charge >= 0.3 is 0 Å². The molecule has 146 valence electrons. The van der Waals surface area contributed by atoms with Crippen molar-refractivity contribution in [1.82, 2.24) is 15.8 Å². The first kappa shape index (κ1) is 24.2. The summed E-state index contributed by atoms with van der Waals surface area (Å²) in [6.07, 6.45) is 4.30. The van der Waals surface area contributed by atoms with Gasteiger partial charge in [-0.25, -0.2) is 0 Å². The highest BCUT2D eigenvalue weighted by Gasteiger charge is 2.13. The van der Waals surface area contributed by atoms with Crippen molar-refractivity contribution in [3.05, 3.63) is 17.0 Å². The summed E-state index contributed by atoms with van der Waals surface area (Å²) < 4.78 is 5.21. The lowest BCUT2D eigenvalue weighted by Crippen LogP contribution is -2.42. The molecule has 0 fully saturated rings. The minimum atomic E-state index is 0. The second-order valence-electron chi connectivity index (χ2n) is 7.81. The lowest BCUT2D eigenvalue weighted by molar-refractivity contribution is 0.346. The zero-order valence-electron chi connectivity index (χ0n) is 17.0. The summed E-state index contributed by atoms with van der Waals surface area (Å²) >= 11 is 0. The summed E-state index contributed by atoms with van der Waals surface area (Å²) in [7, 11) is 0. The van der Waals surface area contributed by atoms with Gasteiger partial charge in [0.15, 0.2) is 5.96 Å². The molecule has 0 aliphatic rings. The summed E-state index contributed by atoms with van der Waals surface area (Å²) in [5.41, 5.74) is 2.60. The molecule has 6 heteroatoms. The van der Waals surface area contributed by atoms with Crippen molar-refractivity contribution < 1.29 is 4.52 Å². The van der Waals surface area contributed by atoms with E-state index in [1.54, 1.807) is 0 Å². The van der Waals surface area contributed by atoms with Crippen LogP contribution >= 0.6 is 24.0 Å². The number of hydrogen-bond donors (Lipinski definition) is 2. The van der Waals surface area contributed by atoms with Crippen LogP contribution in [0.2, 0.25) is 0 Å². The Morgan fingerprint density at radius 1 is 1.28 bits per heavy atom. The molecule has 1 rings (SSSR count). The molecule has 0 saturated heterocycles. The SMILES string of the molecule is CCNC(=NCCCc1c(C)noc1C)NC(C)CCC(C)(C)C.I. The Labute approximate surface area is 170 Å². The number of aryl methyl sites for hydroxylation is 2. The number of hydrogen-bond acceptors (Lipinski definition) is 3. The molecule has 0 saturated carbocycles. The summed E-state index contributed by atoms with van der Waals surface area (Å²) in [6.45, 7) is 16.8. The third-order valence-electron chi connectivity index (χ3n) is 4.09. The van der Waals surface area contributed by atoms with Crippen LogP contribution in [0.1, 0.15) is 70.9 Å². The zero-order valence-corrected chi connectivity index (χ0v) is 19.4. The first-order valence-electron chi connectivity index (χ1n) is 9.19. The van der Waals surface area contributed by atoms with Crippen LogP contribution in [0.5, 0.6) is 0 Å². The molecule has 5 nitrogen and oxygen atoms in total. The van der Waals surface area contributed by atoms with E-state index in [4.69, 9.17) is 9.52 Å². The Morgan fingerprint density at radius 3 is 2.48 bits per heavy atom. The van der Waals surface area contributed by atoms with Gasteiger partial charge in [-0.3, -0.25) is 4.99 Å². The second-order valence-corrected chi connectivity index (χ2v) is 7.81. The number of aromatic nitrogens is 1. The molecule has 0 amide bonds. The number of nitrogens with one attached hydrogen (secondary N) is 2. The Kier molecular flexibility index (Phi) is 11.4. The van der Waals surface area contributed by atoms with Gasteiger partial charge in [0.05, 0.1) is 5.69 Å². The molecule has 1 unspecified atom stereocenters. The third-order valence-corrected chi connectivity index (χ3v) is 4.09. The lowest BCUT2D eigenvalue weighted by Gasteiger charge is -2.23. The maximum atomic E-state index is 5.21. The molecular weight excluding hydrogens is 427 g/mol. The smallest absolute Gasteiger partial charge is 0.191 e. The monoisotopic (exact) mass is 464 g/mol. The maximum Gasteiger partial charge on any atom is 0.191 e. The van der Waals surface area contributed by atoms with Crippen LogP contribution in [-0.4, -0.2) is 30.2 Å². The fourth-order valence-electron chi connectivity index (χ4n) is 2.58. The van der Waals surface area contributed by atoms with E-state index in [9.17, 15) is 0 Å². The number of guanidine groups is 1. The van der Waals surface area contributed by atoms with E-state index in [2.05, 4.69) is 50.4 Å². The summed E-state index contributed by atoms with van der Waals surface area (Å²) in [4.78, 5) is 4.70. The zero-order chi connectivity index (χ0) is 18.2. The second kappa shape index (κ2) is 11.8. The molecule has 1 aromatic heterocycles. The van der Waals surface area contributed by atoms with E-state index in [-0.39, 0.29) is 24.0 Å². The highest BCUT2D eigenvalue weighted by Crippen LogP contribution is 2.21. The predicted octanol–water partition coefficient (Wildman–Crippen LogP) is 4.61. The van der Waals surface area contributed by atoms with Crippen LogP contribution in [0.25, 0.3) is 0 Å². The van der Waals surface area contributed by atoms with Crippen LogP contribution < -0.4 is 10.6 Å². The molecule has 0 aliphatic heterocycles. The quantitative estimate of drug-likeness (QED) is 0.255. The van der Waals surface area contributed by atoms with Crippen molar-refractivity contribution in [2.45, 2.75) is 80.2 Å². The van der Waals surface area contributed by atoms with Gasteiger partial charge in [0, 0.05) is 24.7 Å². The average Bonchev–Trinajstić information content (AvgIpc) is 2.80. The first-order valence-corrected chi connectivity index (χ1v) is 9.19. The summed E-state index contributed by atoms with van der Waals surface area (Å²) in [5.74, 6) is 1.84. The van der Waals surface area contributed by atoms with Crippen LogP contribution in [-0.2, 0) is 6.42 Å². The van der Waals surface area contributed by atoms with Crippen LogP contribution in [0.3, 0.4) is 0 Å². The average molecular weight is 464 g/mol. The molecule has 1 heterocycles. The van der Waals surface area contributed by atoms with E-state index in [1.807, 2.05) is 13.8 Å². The maximum absolute atomic E-state index is 5.21. The van der Waals surface area contributed by atoms with E-state index < -0.39 is 0 Å². The molecule has 0 aliphatic carbocycles. The third kappa shape index (κ3) is 10.1. The predicted molar refractivity (Wildman–Crippen MR) is 117 cm³/mol. The number of nitrogens with zero attached hydrogens (tertiary/aromatic N) is 2. The Hall–Kier alpha value is -0.790. The topological polar surface area (TPSA) is 62.5 Å². The van der Waals surface area contributed by atoms with Gasteiger partial charge in [-0.15, -0.1) is 24.0 Å². The van der Waals surface area contributed by atoms with E-state index >= 15 is 0 Å². The molecule has 0 spiro atoms. The fraction of sp³-hybridized carbons (Fsp3) is 0.789. The molecule has 0 radical (unpaired) electrons.